The molecule has 1 aromatic heterocycles. The highest BCUT2D eigenvalue weighted by Gasteiger charge is 2.28. The van der Waals surface area contributed by atoms with E-state index in [1.165, 1.54) is 38.9 Å². The number of likely N-dealkylation sites (N-methyl/N-ethyl adjacent to an activating group) is 1. The first kappa shape index (κ1) is 48.4. The third-order valence-electron chi connectivity index (χ3n) is 10.3. The molecule has 2 aromatic carbocycles. The van der Waals surface area contributed by atoms with E-state index in [2.05, 4.69) is 189 Å². The molecular weight excluding hydrogens is 769 g/mol. The Kier molecular flexibility index (Phi) is 19.4. The number of nitrogens with zero attached hydrogens (tertiary/aromatic N) is 4. The second kappa shape index (κ2) is 23.6. The van der Waals surface area contributed by atoms with Crippen molar-refractivity contribution in [3.8, 4) is 0 Å². The first-order valence-electron chi connectivity index (χ1n) is 20.0. The molecule has 1 aliphatic carbocycles. The minimum atomic E-state index is -0.188. The van der Waals surface area contributed by atoms with Crippen LogP contribution in [0.4, 0.5) is 17.1 Å². The van der Waals surface area contributed by atoms with E-state index in [0.29, 0.717) is 19.4 Å². The van der Waals surface area contributed by atoms with Crippen molar-refractivity contribution >= 4 is 54.9 Å². The Labute approximate surface area is 361 Å². The van der Waals surface area contributed by atoms with Gasteiger partial charge in [-0.1, -0.05) is 86.3 Å². The van der Waals surface area contributed by atoms with Crippen LogP contribution in [0.3, 0.4) is 0 Å². The average molecular weight is 839 g/mol. The number of rotatable bonds is 15. The molecule has 318 valence electrons. The number of benzene rings is 2. The zero-order chi connectivity index (χ0) is 43.7. The van der Waals surface area contributed by atoms with E-state index in [9.17, 15) is 0 Å². The van der Waals surface area contributed by atoms with Crippen LogP contribution in [0, 0.1) is 6.92 Å². The van der Waals surface area contributed by atoms with Crippen molar-refractivity contribution in [2.75, 3.05) is 63.6 Å². The Hall–Kier alpha value is -4.92. The topological polar surface area (TPSA) is 103 Å². The molecule has 2 aliphatic rings. The van der Waals surface area contributed by atoms with Crippen LogP contribution in [0.1, 0.15) is 51.2 Å². The lowest BCUT2D eigenvalue weighted by Gasteiger charge is -2.39. The lowest BCUT2D eigenvalue weighted by Crippen LogP contribution is -2.42. The van der Waals surface area contributed by atoms with Crippen LogP contribution in [0.25, 0.3) is 12.2 Å². The van der Waals surface area contributed by atoms with Gasteiger partial charge < -0.3 is 41.2 Å². The van der Waals surface area contributed by atoms with Gasteiger partial charge in [0.15, 0.2) is 0 Å². The van der Waals surface area contributed by atoms with Gasteiger partial charge in [-0.25, -0.2) is 5.43 Å². The number of piperazine rings is 1. The number of nitrogens with two attached hydrogens (primary N) is 2. The monoisotopic (exact) mass is 838 g/mol. The van der Waals surface area contributed by atoms with Crippen molar-refractivity contribution in [1.29, 1.82) is 0 Å². The maximum atomic E-state index is 6.69. The Morgan fingerprint density at radius 3 is 2.47 bits per heavy atom. The van der Waals surface area contributed by atoms with Gasteiger partial charge in [-0.15, -0.1) is 6.58 Å². The van der Waals surface area contributed by atoms with Crippen LogP contribution < -0.4 is 43.3 Å². The van der Waals surface area contributed by atoms with Gasteiger partial charge in [0.2, 0.25) is 0 Å². The SMILES string of the molecule is C=CCC/C(C)=C/C=C(\C)N1CCN(C(=C)/C=C/CN(C)C)CC1=C.C=CN.CNNc1cc(PNc2cc(C3(C)C=c4ccn(C)c4=CC3)c(Cl)cc2N)ccc1C. The summed E-state index contributed by atoms with van der Waals surface area (Å²) in [5.41, 5.74) is 26.6. The molecular formula is C48H69ClN9P. The number of nitrogen functional groups attached to an aromatic ring is 1. The normalized spacial score (nSPS) is 16.7. The summed E-state index contributed by atoms with van der Waals surface area (Å²) in [6.45, 7) is 27.7. The molecule has 2 heterocycles. The molecule has 1 aliphatic heterocycles. The smallest absolute Gasteiger partial charge is 0.0610 e. The Morgan fingerprint density at radius 1 is 1.08 bits per heavy atom. The molecule has 1 fully saturated rings. The van der Waals surface area contributed by atoms with Gasteiger partial charge >= 0.3 is 0 Å². The molecule has 7 N–H and O–H groups in total. The summed E-state index contributed by atoms with van der Waals surface area (Å²) in [5, 5.41) is 7.93. The third kappa shape index (κ3) is 14.4. The maximum absolute atomic E-state index is 6.69. The molecule has 1 saturated heterocycles. The van der Waals surface area contributed by atoms with Gasteiger partial charge in [0.25, 0.3) is 0 Å². The second-order valence-electron chi connectivity index (χ2n) is 15.5. The molecule has 11 heteroatoms. The summed E-state index contributed by atoms with van der Waals surface area (Å²) in [5.74, 6) is 0. The number of anilines is 3. The zero-order valence-electron chi connectivity index (χ0n) is 36.8. The number of hydrogen-bond donors (Lipinski definition) is 5. The molecule has 0 bridgehead atoms. The zero-order valence-corrected chi connectivity index (χ0v) is 38.5. The van der Waals surface area contributed by atoms with Crippen molar-refractivity contribution in [3.05, 3.63) is 155 Å². The first-order chi connectivity index (χ1) is 28.1. The van der Waals surface area contributed by atoms with E-state index in [1.807, 2.05) is 19.2 Å². The van der Waals surface area contributed by atoms with Gasteiger partial charge in [-0.3, -0.25) is 0 Å². The molecule has 3 aromatic rings. The fourth-order valence-corrected chi connectivity index (χ4v) is 8.06. The van der Waals surface area contributed by atoms with Crippen molar-refractivity contribution in [1.82, 2.24) is 24.7 Å². The van der Waals surface area contributed by atoms with Crippen molar-refractivity contribution in [2.24, 2.45) is 12.8 Å². The highest BCUT2D eigenvalue weighted by molar-refractivity contribution is 7.48. The molecule has 2 unspecified atom stereocenters. The predicted octanol–water partition coefficient (Wildman–Crippen LogP) is 8.02. The minimum Gasteiger partial charge on any atom is -0.405 e. The van der Waals surface area contributed by atoms with E-state index in [-0.39, 0.29) is 5.41 Å². The second-order valence-corrected chi connectivity index (χ2v) is 17.0. The molecule has 0 spiro atoms. The Balaban J connectivity index is 0.000000303. The van der Waals surface area contributed by atoms with Crippen molar-refractivity contribution in [3.63, 3.8) is 0 Å². The average Bonchev–Trinajstić information content (AvgIpc) is 3.55. The van der Waals surface area contributed by atoms with Gasteiger partial charge in [0.1, 0.15) is 0 Å². The van der Waals surface area contributed by atoms with Gasteiger partial charge in [0.05, 0.1) is 23.6 Å². The highest BCUT2D eigenvalue weighted by atomic mass is 35.5. The quantitative estimate of drug-likeness (QED) is 0.0345. The van der Waals surface area contributed by atoms with E-state index in [4.69, 9.17) is 17.3 Å². The Morgan fingerprint density at radius 2 is 1.81 bits per heavy atom. The van der Waals surface area contributed by atoms with Crippen LogP contribution in [0.15, 0.2) is 128 Å². The standard InChI is InChI=1S/C24H29ClN5P.C22H35N3.C2H5N/c1-15-5-6-17(11-21(15)28-27-3)31-29-22-12-18(19(25)13-20(22)26)24(2)9-7-23-16(14-24)8-10-30(23)4;1-8-9-11-19(2)13-14-21(4)25-17-16-24(18-22(25)5)20(3)12-10-15-23(6)7;1-2-3/h5-8,10-14,27-29,31H,9,26H2,1-4H3;8,10,12-14H,1,3,5,9,11,15-18H2,2,4,6-7H3;2H,1,3H2/b;12-10+,19-13+,21-14+;. The lowest BCUT2D eigenvalue weighted by atomic mass is 9.77. The first-order valence-corrected chi connectivity index (χ1v) is 21.4. The van der Waals surface area contributed by atoms with E-state index < -0.39 is 0 Å². The minimum absolute atomic E-state index is 0.188. The van der Waals surface area contributed by atoms with E-state index >= 15 is 0 Å². The molecule has 5 rings (SSSR count). The summed E-state index contributed by atoms with van der Waals surface area (Å²) in [6.07, 6.45) is 21.6. The fourth-order valence-electron chi connectivity index (χ4n) is 6.79. The molecule has 0 amide bonds. The van der Waals surface area contributed by atoms with Gasteiger partial charge in [0, 0.05) is 81.5 Å². The van der Waals surface area contributed by atoms with Crippen LogP contribution in [0.5, 0.6) is 0 Å². The van der Waals surface area contributed by atoms with Crippen LogP contribution >= 0.6 is 20.3 Å². The molecule has 9 nitrogen and oxygen atoms in total. The van der Waals surface area contributed by atoms with E-state index in [0.717, 1.165) is 73.8 Å². The van der Waals surface area contributed by atoms with Gasteiger partial charge in [-0.05, 0) is 118 Å². The van der Waals surface area contributed by atoms with Crippen LogP contribution in [-0.4, -0.2) is 66.6 Å². The number of fused-ring (bicyclic) bond motifs is 1. The van der Waals surface area contributed by atoms with Crippen LogP contribution in [-0.2, 0) is 12.5 Å². The summed E-state index contributed by atoms with van der Waals surface area (Å²) >= 11 is 6.69. The Bertz CT molecular complexity index is 2140. The number of halogens is 1. The fraction of sp³-hybridized carbons (Fsp3) is 0.333. The lowest BCUT2D eigenvalue weighted by molar-refractivity contribution is 0.247. The largest absolute Gasteiger partial charge is 0.405 e. The summed E-state index contributed by atoms with van der Waals surface area (Å²) < 4.78 is 2.16. The number of nitrogens with one attached hydrogen (secondary N) is 3. The highest BCUT2D eigenvalue weighted by Crippen LogP contribution is 2.40. The number of aryl methyl sites for hydroxylation is 2. The molecule has 0 radical (unpaired) electrons. The molecule has 59 heavy (non-hydrogen) atoms. The number of hydrazine groups is 1. The predicted molar refractivity (Wildman–Crippen MR) is 262 cm³/mol. The number of hydrogen-bond acceptors (Lipinski definition) is 8. The summed E-state index contributed by atoms with van der Waals surface area (Å²) in [4.78, 5) is 6.74. The maximum Gasteiger partial charge on any atom is 0.0610 e. The number of aromatic nitrogens is 1. The van der Waals surface area contributed by atoms with Gasteiger partial charge in [-0.2, -0.15) is 0 Å². The number of allylic oxidation sites excluding steroid dienone is 6. The van der Waals surface area contributed by atoms with E-state index in [1.54, 1.807) is 0 Å². The third-order valence-corrected chi connectivity index (χ3v) is 11.6. The summed E-state index contributed by atoms with van der Waals surface area (Å²) in [6, 6.07) is 12.5. The molecule has 0 saturated carbocycles. The summed E-state index contributed by atoms with van der Waals surface area (Å²) in [7, 11) is 8.45. The van der Waals surface area contributed by atoms with Crippen molar-refractivity contribution < 1.29 is 0 Å². The van der Waals surface area contributed by atoms with Crippen molar-refractivity contribution in [2.45, 2.75) is 52.4 Å². The molecule has 2 atom stereocenters. The van der Waals surface area contributed by atoms with Crippen LogP contribution in [0.2, 0.25) is 5.02 Å².